The molecule has 42 heavy (non-hydrogen) atoms. The molecule has 2 amide bonds. The molecule has 1 aliphatic carbocycles. The maximum atomic E-state index is 14.3. The van der Waals surface area contributed by atoms with Crippen LogP contribution in [0.1, 0.15) is 62.1 Å². The maximum Gasteiger partial charge on any atom is 0.264 e. The molecule has 3 aromatic rings. The van der Waals surface area contributed by atoms with Gasteiger partial charge in [-0.3, -0.25) is 13.9 Å². The zero-order valence-electron chi connectivity index (χ0n) is 24.6. The van der Waals surface area contributed by atoms with Gasteiger partial charge in [-0.15, -0.1) is 0 Å². The molecule has 3 aromatic carbocycles. The van der Waals surface area contributed by atoms with Crippen molar-refractivity contribution in [3.63, 3.8) is 0 Å². The van der Waals surface area contributed by atoms with Gasteiger partial charge >= 0.3 is 0 Å². The van der Waals surface area contributed by atoms with Crippen molar-refractivity contribution in [1.82, 2.24) is 10.2 Å². The Morgan fingerprint density at radius 3 is 2.26 bits per heavy atom. The molecular formula is C33H40ClN3O4S. The average Bonchev–Trinajstić information content (AvgIpc) is 2.99. The molecule has 0 heterocycles. The first-order valence-corrected chi connectivity index (χ1v) is 16.4. The number of hydrogen-bond donors (Lipinski definition) is 1. The summed E-state index contributed by atoms with van der Waals surface area (Å²) in [4.78, 5) is 29.6. The van der Waals surface area contributed by atoms with Crippen LogP contribution in [0.4, 0.5) is 5.69 Å². The largest absolute Gasteiger partial charge is 0.352 e. The van der Waals surface area contributed by atoms with E-state index in [1.807, 2.05) is 38.1 Å². The number of amides is 2. The Morgan fingerprint density at radius 2 is 1.60 bits per heavy atom. The van der Waals surface area contributed by atoms with Gasteiger partial charge in [0.2, 0.25) is 11.8 Å². The Bertz CT molecular complexity index is 1490. The molecule has 0 radical (unpaired) electrons. The summed E-state index contributed by atoms with van der Waals surface area (Å²) in [5.74, 6) is -0.675. The number of halogens is 1. The lowest BCUT2D eigenvalue weighted by atomic mass is 9.95. The Hall–Kier alpha value is -3.36. The van der Waals surface area contributed by atoms with Gasteiger partial charge in [-0.05, 0) is 74.1 Å². The molecular weight excluding hydrogens is 570 g/mol. The fourth-order valence-electron chi connectivity index (χ4n) is 5.52. The number of aryl methyl sites for hydroxylation is 2. The predicted octanol–water partition coefficient (Wildman–Crippen LogP) is 6.41. The normalized spacial score (nSPS) is 14.7. The Labute approximate surface area is 254 Å². The van der Waals surface area contributed by atoms with Gasteiger partial charge in [-0.1, -0.05) is 86.3 Å². The molecule has 0 aromatic heterocycles. The van der Waals surface area contributed by atoms with Gasteiger partial charge < -0.3 is 10.2 Å². The first-order valence-electron chi connectivity index (χ1n) is 14.6. The van der Waals surface area contributed by atoms with Crippen LogP contribution in [0.25, 0.3) is 0 Å². The lowest BCUT2D eigenvalue weighted by molar-refractivity contribution is -0.140. The highest BCUT2D eigenvalue weighted by Crippen LogP contribution is 2.30. The standard InChI is InChI=1S/C33H40ClN3O4S/c1-4-30(33(39)35-28-15-7-5-8-16-28)36(22-26-14-12-11-13-24(26)2)32(38)23-37(31-21-27(34)20-19-25(31)3)42(40,41)29-17-9-6-10-18-29/h6,9-14,17-21,28,30H,4-5,7-8,15-16,22-23H2,1-3H3,(H,35,39). The first kappa shape index (κ1) is 31.6. The fraction of sp³-hybridized carbons (Fsp3) is 0.394. The van der Waals surface area contributed by atoms with Crippen molar-refractivity contribution in [3.05, 3.63) is 94.5 Å². The summed E-state index contributed by atoms with van der Waals surface area (Å²) in [6.45, 7) is 5.31. The van der Waals surface area contributed by atoms with E-state index in [0.29, 0.717) is 22.7 Å². The smallest absolute Gasteiger partial charge is 0.264 e. The fourth-order valence-corrected chi connectivity index (χ4v) is 7.18. The highest BCUT2D eigenvalue weighted by molar-refractivity contribution is 7.92. The molecule has 224 valence electrons. The number of benzene rings is 3. The van der Waals surface area contributed by atoms with Crippen molar-refractivity contribution in [2.24, 2.45) is 0 Å². The summed E-state index contributed by atoms with van der Waals surface area (Å²) in [5, 5.41) is 3.53. The quantitative estimate of drug-likeness (QED) is 0.272. The Kier molecular flexibility index (Phi) is 10.7. The van der Waals surface area contributed by atoms with E-state index < -0.39 is 28.5 Å². The van der Waals surface area contributed by atoms with E-state index in [9.17, 15) is 18.0 Å². The van der Waals surface area contributed by atoms with E-state index in [2.05, 4.69) is 5.32 Å². The number of rotatable bonds is 11. The molecule has 0 saturated heterocycles. The molecule has 1 unspecified atom stereocenters. The minimum atomic E-state index is -4.15. The molecule has 1 atom stereocenters. The van der Waals surface area contributed by atoms with Gasteiger partial charge in [0, 0.05) is 17.6 Å². The van der Waals surface area contributed by atoms with Crippen LogP contribution < -0.4 is 9.62 Å². The van der Waals surface area contributed by atoms with E-state index in [1.165, 1.54) is 17.0 Å². The molecule has 1 N–H and O–H groups in total. The Morgan fingerprint density at radius 1 is 0.929 bits per heavy atom. The van der Waals surface area contributed by atoms with Crippen molar-refractivity contribution in [3.8, 4) is 0 Å². The summed E-state index contributed by atoms with van der Waals surface area (Å²) in [6, 6.07) is 20.0. The Balaban J connectivity index is 1.74. The minimum Gasteiger partial charge on any atom is -0.352 e. The number of nitrogens with zero attached hydrogens (tertiary/aromatic N) is 2. The molecule has 7 nitrogen and oxygen atoms in total. The zero-order chi connectivity index (χ0) is 30.3. The number of nitrogens with one attached hydrogen (secondary N) is 1. The number of carbonyl (C=O) groups excluding carboxylic acids is 2. The number of carbonyl (C=O) groups is 2. The van der Waals surface area contributed by atoms with E-state index in [-0.39, 0.29) is 23.4 Å². The second kappa shape index (κ2) is 14.2. The van der Waals surface area contributed by atoms with Crippen LogP contribution in [-0.4, -0.2) is 43.8 Å². The van der Waals surface area contributed by atoms with Gasteiger partial charge in [-0.25, -0.2) is 8.42 Å². The van der Waals surface area contributed by atoms with Crippen LogP contribution in [0.2, 0.25) is 5.02 Å². The van der Waals surface area contributed by atoms with Crippen LogP contribution in [0, 0.1) is 13.8 Å². The monoisotopic (exact) mass is 609 g/mol. The van der Waals surface area contributed by atoms with Crippen molar-refractivity contribution in [2.45, 2.75) is 82.8 Å². The third kappa shape index (κ3) is 7.53. The number of anilines is 1. The number of hydrogen-bond acceptors (Lipinski definition) is 4. The molecule has 9 heteroatoms. The lowest BCUT2D eigenvalue weighted by Crippen LogP contribution is -2.54. The molecule has 0 bridgehead atoms. The topological polar surface area (TPSA) is 86.8 Å². The molecule has 0 spiro atoms. The maximum absolute atomic E-state index is 14.3. The molecule has 1 fully saturated rings. The van der Waals surface area contributed by atoms with Crippen LogP contribution in [0.3, 0.4) is 0 Å². The molecule has 0 aliphatic heterocycles. The van der Waals surface area contributed by atoms with Gasteiger partial charge in [0.25, 0.3) is 10.0 Å². The first-order chi connectivity index (χ1) is 20.1. The average molecular weight is 610 g/mol. The van der Waals surface area contributed by atoms with Gasteiger partial charge in [0.05, 0.1) is 10.6 Å². The zero-order valence-corrected chi connectivity index (χ0v) is 26.1. The van der Waals surface area contributed by atoms with E-state index in [1.54, 1.807) is 43.3 Å². The van der Waals surface area contributed by atoms with Gasteiger partial charge in [-0.2, -0.15) is 0 Å². The third-order valence-corrected chi connectivity index (χ3v) is 10.00. The van der Waals surface area contributed by atoms with E-state index in [4.69, 9.17) is 11.6 Å². The summed E-state index contributed by atoms with van der Waals surface area (Å²) < 4.78 is 29.2. The number of sulfonamides is 1. The van der Waals surface area contributed by atoms with Crippen molar-refractivity contribution < 1.29 is 18.0 Å². The minimum absolute atomic E-state index is 0.0599. The lowest BCUT2D eigenvalue weighted by Gasteiger charge is -2.35. The molecule has 1 aliphatic rings. The van der Waals surface area contributed by atoms with Crippen LogP contribution in [-0.2, 0) is 26.2 Å². The van der Waals surface area contributed by atoms with Crippen LogP contribution in [0.15, 0.2) is 77.7 Å². The van der Waals surface area contributed by atoms with Crippen molar-refractivity contribution >= 4 is 39.1 Å². The second-order valence-corrected chi connectivity index (χ2v) is 13.3. The van der Waals surface area contributed by atoms with Crippen LogP contribution >= 0.6 is 11.6 Å². The predicted molar refractivity (Wildman–Crippen MR) is 168 cm³/mol. The summed E-state index contributed by atoms with van der Waals surface area (Å²) >= 11 is 6.32. The summed E-state index contributed by atoms with van der Waals surface area (Å²) in [5.41, 5.74) is 2.85. The highest BCUT2D eigenvalue weighted by Gasteiger charge is 2.35. The summed E-state index contributed by atoms with van der Waals surface area (Å²) in [7, 11) is -4.15. The van der Waals surface area contributed by atoms with Crippen molar-refractivity contribution in [1.29, 1.82) is 0 Å². The SMILES string of the molecule is CCC(C(=O)NC1CCCCC1)N(Cc1ccccc1C)C(=O)CN(c1cc(Cl)ccc1C)S(=O)(=O)c1ccccc1. The van der Waals surface area contributed by atoms with Crippen LogP contribution in [0.5, 0.6) is 0 Å². The third-order valence-electron chi connectivity index (χ3n) is 7.99. The van der Waals surface area contributed by atoms with E-state index in [0.717, 1.165) is 47.5 Å². The van der Waals surface area contributed by atoms with E-state index >= 15 is 0 Å². The highest BCUT2D eigenvalue weighted by atomic mass is 35.5. The molecule has 1 saturated carbocycles. The second-order valence-electron chi connectivity index (χ2n) is 11.0. The van der Waals surface area contributed by atoms with Gasteiger partial charge in [0.15, 0.2) is 0 Å². The van der Waals surface area contributed by atoms with Gasteiger partial charge in [0.1, 0.15) is 12.6 Å². The van der Waals surface area contributed by atoms with Crippen molar-refractivity contribution in [2.75, 3.05) is 10.8 Å². The molecule has 4 rings (SSSR count). The summed E-state index contributed by atoms with van der Waals surface area (Å²) in [6.07, 6.45) is 5.53.